The molecule has 0 fully saturated rings. The second-order valence-corrected chi connectivity index (χ2v) is 7.43. The van der Waals surface area contributed by atoms with E-state index in [1.54, 1.807) is 6.92 Å². The first-order chi connectivity index (χ1) is 11.7. The minimum Gasteiger partial charge on any atom is -0.331 e. The minimum atomic E-state index is -4.71. The number of alkyl halides is 2. The molecule has 0 spiro atoms. The highest BCUT2D eigenvalue weighted by Crippen LogP contribution is 2.22. The van der Waals surface area contributed by atoms with Crippen LogP contribution in [0.1, 0.15) is 24.1 Å². The normalized spacial score (nSPS) is 12.7. The molecule has 2 aromatic rings. The smallest absolute Gasteiger partial charge is 0.331 e. The zero-order valence-electron chi connectivity index (χ0n) is 13.7. The van der Waals surface area contributed by atoms with Crippen LogP contribution in [0.15, 0.2) is 53.4 Å². The summed E-state index contributed by atoms with van der Waals surface area (Å²) < 4.78 is 48.2. The fourth-order valence-corrected chi connectivity index (χ4v) is 3.13. The second-order valence-electron chi connectivity index (χ2n) is 5.51. The monoisotopic (exact) mass is 368 g/mol. The van der Waals surface area contributed by atoms with Gasteiger partial charge in [-0.15, -0.1) is 0 Å². The Labute approximate surface area is 145 Å². The fraction of sp³-hybridized carbons (Fsp3) is 0.235. The van der Waals surface area contributed by atoms with Crippen molar-refractivity contribution in [1.29, 1.82) is 0 Å². The third-order valence-electron chi connectivity index (χ3n) is 3.66. The number of sulfone groups is 1. The fourth-order valence-electron chi connectivity index (χ4n) is 2.37. The largest absolute Gasteiger partial charge is 0.341 e. The first kappa shape index (κ1) is 18.9. The third kappa shape index (κ3) is 4.54. The van der Waals surface area contributed by atoms with Gasteiger partial charge in [-0.2, -0.15) is 8.78 Å². The lowest BCUT2D eigenvalue weighted by molar-refractivity contribution is 0.235. The Morgan fingerprint density at radius 2 is 1.76 bits per heavy atom. The Bertz CT molecular complexity index is 870. The van der Waals surface area contributed by atoms with Crippen molar-refractivity contribution in [2.75, 3.05) is 5.32 Å². The van der Waals surface area contributed by atoms with E-state index in [1.807, 2.05) is 31.2 Å². The van der Waals surface area contributed by atoms with Gasteiger partial charge in [-0.3, -0.25) is 0 Å². The SMILES string of the molecule is Cc1ccccc1C(C)NC(=O)Nc1cccc(S(=O)(=O)C(F)F)c1. The number of carbonyl (C=O) groups is 1. The molecule has 2 aromatic carbocycles. The number of hydrogen-bond acceptors (Lipinski definition) is 3. The molecule has 2 amide bonds. The summed E-state index contributed by atoms with van der Waals surface area (Å²) in [6, 6.07) is 11.5. The van der Waals surface area contributed by atoms with Crippen molar-refractivity contribution in [1.82, 2.24) is 5.32 Å². The van der Waals surface area contributed by atoms with Gasteiger partial charge < -0.3 is 10.6 Å². The highest BCUT2D eigenvalue weighted by molar-refractivity contribution is 7.91. The van der Waals surface area contributed by atoms with E-state index in [4.69, 9.17) is 0 Å². The average molecular weight is 368 g/mol. The molecule has 0 heterocycles. The Morgan fingerprint density at radius 3 is 2.40 bits per heavy atom. The number of amides is 2. The van der Waals surface area contributed by atoms with Gasteiger partial charge in [0.2, 0.25) is 9.84 Å². The molecule has 5 nitrogen and oxygen atoms in total. The molecule has 8 heteroatoms. The zero-order valence-corrected chi connectivity index (χ0v) is 14.5. The van der Waals surface area contributed by atoms with Crippen LogP contribution in [-0.2, 0) is 9.84 Å². The predicted octanol–water partition coefficient (Wildman–Crippen LogP) is 3.87. The van der Waals surface area contributed by atoms with E-state index in [0.717, 1.165) is 23.3 Å². The second kappa shape index (κ2) is 7.60. The average Bonchev–Trinajstić information content (AvgIpc) is 2.55. The summed E-state index contributed by atoms with van der Waals surface area (Å²) in [6.45, 7) is 3.73. The highest BCUT2D eigenvalue weighted by Gasteiger charge is 2.26. The maximum Gasteiger partial charge on any atom is 0.341 e. The van der Waals surface area contributed by atoms with Gasteiger partial charge in [-0.05, 0) is 43.2 Å². The maximum absolute atomic E-state index is 12.6. The Kier molecular flexibility index (Phi) is 5.73. The molecular weight excluding hydrogens is 350 g/mol. The standard InChI is InChI=1S/C17H18F2N2O3S/c1-11-6-3-4-9-15(11)12(2)20-17(22)21-13-7-5-8-14(10-13)25(23,24)16(18)19/h3-10,12,16H,1-2H3,(H2,20,21,22). The van der Waals surface area contributed by atoms with E-state index in [0.29, 0.717) is 0 Å². The number of halogens is 2. The van der Waals surface area contributed by atoms with Gasteiger partial charge in [-0.1, -0.05) is 30.3 Å². The molecule has 0 aliphatic heterocycles. The molecule has 2 N–H and O–H groups in total. The van der Waals surface area contributed by atoms with Crippen LogP contribution in [0.3, 0.4) is 0 Å². The maximum atomic E-state index is 12.6. The van der Waals surface area contributed by atoms with Crippen LogP contribution in [0.2, 0.25) is 0 Å². The van der Waals surface area contributed by atoms with Crippen molar-refractivity contribution < 1.29 is 22.0 Å². The quantitative estimate of drug-likeness (QED) is 0.841. The van der Waals surface area contributed by atoms with Gasteiger partial charge in [-0.25, -0.2) is 13.2 Å². The molecule has 0 aliphatic carbocycles. The van der Waals surface area contributed by atoms with E-state index < -0.39 is 26.5 Å². The van der Waals surface area contributed by atoms with Crippen LogP contribution in [0.4, 0.5) is 19.3 Å². The third-order valence-corrected chi connectivity index (χ3v) is 5.04. The number of carbonyl (C=O) groups excluding carboxylic acids is 1. The Balaban J connectivity index is 2.10. The number of rotatable bonds is 5. The summed E-state index contributed by atoms with van der Waals surface area (Å²) in [5.41, 5.74) is 2.06. The van der Waals surface area contributed by atoms with Crippen molar-refractivity contribution in [3.05, 3.63) is 59.7 Å². The lowest BCUT2D eigenvalue weighted by Gasteiger charge is -2.17. The van der Waals surface area contributed by atoms with E-state index >= 15 is 0 Å². The van der Waals surface area contributed by atoms with Crippen LogP contribution < -0.4 is 10.6 Å². The molecule has 0 aliphatic rings. The van der Waals surface area contributed by atoms with E-state index in [2.05, 4.69) is 10.6 Å². The number of hydrogen-bond donors (Lipinski definition) is 2. The van der Waals surface area contributed by atoms with Crippen molar-refractivity contribution in [3.8, 4) is 0 Å². The van der Waals surface area contributed by atoms with Gasteiger partial charge in [0, 0.05) is 5.69 Å². The lowest BCUT2D eigenvalue weighted by Crippen LogP contribution is -2.31. The van der Waals surface area contributed by atoms with Crippen molar-refractivity contribution in [2.45, 2.75) is 30.5 Å². The summed E-state index contributed by atoms with van der Waals surface area (Å²) in [7, 11) is -4.71. The summed E-state index contributed by atoms with van der Waals surface area (Å²) >= 11 is 0. The number of benzene rings is 2. The van der Waals surface area contributed by atoms with Gasteiger partial charge in [0.1, 0.15) is 0 Å². The predicted molar refractivity (Wildman–Crippen MR) is 91.4 cm³/mol. The molecule has 2 rings (SSSR count). The first-order valence-electron chi connectivity index (χ1n) is 7.47. The van der Waals surface area contributed by atoms with Gasteiger partial charge >= 0.3 is 11.8 Å². The molecule has 1 unspecified atom stereocenters. The number of nitrogens with one attached hydrogen (secondary N) is 2. The van der Waals surface area contributed by atoms with Crippen LogP contribution >= 0.6 is 0 Å². The zero-order chi connectivity index (χ0) is 18.6. The lowest BCUT2D eigenvalue weighted by atomic mass is 10.0. The number of aryl methyl sites for hydroxylation is 1. The van der Waals surface area contributed by atoms with Gasteiger partial charge in [0.25, 0.3) is 0 Å². The molecule has 0 bridgehead atoms. The van der Waals surface area contributed by atoms with E-state index in [1.165, 1.54) is 12.1 Å². The highest BCUT2D eigenvalue weighted by atomic mass is 32.2. The molecule has 0 radical (unpaired) electrons. The molecule has 25 heavy (non-hydrogen) atoms. The van der Waals surface area contributed by atoms with Gasteiger partial charge in [0.15, 0.2) is 0 Å². The van der Waals surface area contributed by atoms with Crippen molar-refractivity contribution in [2.24, 2.45) is 0 Å². The molecule has 0 saturated heterocycles. The van der Waals surface area contributed by atoms with E-state index in [-0.39, 0.29) is 11.7 Å². The van der Waals surface area contributed by atoms with E-state index in [9.17, 15) is 22.0 Å². The molecule has 1 atom stereocenters. The minimum absolute atomic E-state index is 0.108. The van der Waals surface area contributed by atoms with Crippen molar-refractivity contribution >= 4 is 21.6 Å². The van der Waals surface area contributed by atoms with Crippen LogP contribution in [0.25, 0.3) is 0 Å². The summed E-state index contributed by atoms with van der Waals surface area (Å²) in [5, 5.41) is 5.17. The molecular formula is C17H18F2N2O3S. The van der Waals surface area contributed by atoms with Crippen LogP contribution in [0, 0.1) is 6.92 Å². The van der Waals surface area contributed by atoms with Crippen molar-refractivity contribution in [3.63, 3.8) is 0 Å². The Hall–Kier alpha value is -2.48. The molecule has 134 valence electrons. The van der Waals surface area contributed by atoms with Crippen LogP contribution in [0.5, 0.6) is 0 Å². The first-order valence-corrected chi connectivity index (χ1v) is 9.01. The summed E-state index contributed by atoms with van der Waals surface area (Å²) in [5.74, 6) is -3.52. The molecule has 0 aromatic heterocycles. The Morgan fingerprint density at radius 1 is 1.08 bits per heavy atom. The molecule has 0 saturated carbocycles. The summed E-state index contributed by atoms with van der Waals surface area (Å²) in [6.07, 6.45) is 0. The van der Waals surface area contributed by atoms with Gasteiger partial charge in [0.05, 0.1) is 10.9 Å². The summed E-state index contributed by atoms with van der Waals surface area (Å²) in [4.78, 5) is 11.5. The number of anilines is 1. The topological polar surface area (TPSA) is 75.3 Å². The number of urea groups is 1. The van der Waals surface area contributed by atoms with Crippen LogP contribution in [-0.4, -0.2) is 20.2 Å².